The summed E-state index contributed by atoms with van der Waals surface area (Å²) in [7, 11) is 0. The normalized spacial score (nSPS) is 51.7. The molecule has 4 aliphatic carbocycles. The number of rotatable bonds is 4. The highest BCUT2D eigenvalue weighted by molar-refractivity contribution is 5.66. The fraction of sp³-hybridized carbons (Fsp3) is 0.958. The molecular weight excluding hydrogens is 352 g/mol. The van der Waals surface area contributed by atoms with Crippen LogP contribution in [0.25, 0.3) is 0 Å². The van der Waals surface area contributed by atoms with Crippen molar-refractivity contribution in [2.75, 3.05) is 0 Å². The topological polar surface area (TPSA) is 77.8 Å². The molecule has 4 rings (SSSR count). The molecule has 0 aliphatic heterocycles. The van der Waals surface area contributed by atoms with Gasteiger partial charge < -0.3 is 15.3 Å². The number of carbonyl (C=O) groups is 1. The first-order valence-corrected chi connectivity index (χ1v) is 11.7. The van der Waals surface area contributed by atoms with Crippen LogP contribution < -0.4 is 0 Å². The van der Waals surface area contributed by atoms with Crippen LogP contribution in [-0.4, -0.2) is 33.5 Å². The molecule has 0 saturated heterocycles. The van der Waals surface area contributed by atoms with Crippen molar-refractivity contribution in [1.29, 1.82) is 0 Å². The first-order chi connectivity index (χ1) is 13.2. The molecule has 10 atom stereocenters. The third kappa shape index (κ3) is 3.14. The van der Waals surface area contributed by atoms with Crippen molar-refractivity contribution in [3.63, 3.8) is 0 Å². The van der Waals surface area contributed by atoms with Crippen molar-refractivity contribution in [2.24, 2.45) is 46.3 Å². The molecule has 4 saturated carbocycles. The molecule has 0 radical (unpaired) electrons. The van der Waals surface area contributed by atoms with Gasteiger partial charge in [0.1, 0.15) is 0 Å². The highest BCUT2D eigenvalue weighted by Gasteiger charge is 2.62. The molecule has 28 heavy (non-hydrogen) atoms. The molecule has 4 aliphatic rings. The maximum absolute atomic E-state index is 11.2. The monoisotopic (exact) mass is 392 g/mol. The second-order valence-electron chi connectivity index (χ2n) is 11.4. The van der Waals surface area contributed by atoms with Gasteiger partial charge in [0.2, 0.25) is 0 Å². The SMILES string of the molecule is C[C@@H](CCC(=O)O)[C@H]1CC[C@H]2[C@@H]3[C@H](O)C[C@@H]4C[C@H](O)CC[C@]4(C)[C@H]3CC[C@]12C. The van der Waals surface area contributed by atoms with Gasteiger partial charge in [-0.05, 0) is 104 Å². The van der Waals surface area contributed by atoms with Gasteiger partial charge in [-0.15, -0.1) is 0 Å². The van der Waals surface area contributed by atoms with Crippen LogP contribution >= 0.6 is 0 Å². The summed E-state index contributed by atoms with van der Waals surface area (Å²) in [4.78, 5) is 11.1. The molecule has 0 aromatic heterocycles. The summed E-state index contributed by atoms with van der Waals surface area (Å²) in [5, 5.41) is 30.5. The Morgan fingerprint density at radius 1 is 1.00 bits per heavy atom. The molecule has 4 heteroatoms. The third-order valence-electron chi connectivity index (χ3n) is 10.2. The standard InChI is InChI=1S/C24H40O4/c1-14(4-7-21(27)28)17-5-6-18-22-19(9-11-24(17,18)3)23(2)10-8-16(25)12-15(23)13-20(22)26/h14-20,22,25-26H,4-13H2,1-3H3,(H,27,28)/t14-,15-,16+,17+,18-,19-,20+,22-,23-,24+/m0/s1. The molecule has 160 valence electrons. The number of aliphatic hydroxyl groups is 2. The number of hydrogen-bond donors (Lipinski definition) is 3. The van der Waals surface area contributed by atoms with E-state index in [1.807, 2.05) is 0 Å². The maximum atomic E-state index is 11.2. The van der Waals surface area contributed by atoms with Gasteiger partial charge in [0.25, 0.3) is 0 Å². The van der Waals surface area contributed by atoms with Crippen LogP contribution in [0.3, 0.4) is 0 Å². The van der Waals surface area contributed by atoms with E-state index in [0.717, 1.165) is 32.1 Å². The van der Waals surface area contributed by atoms with E-state index < -0.39 is 5.97 Å². The van der Waals surface area contributed by atoms with Crippen LogP contribution in [-0.2, 0) is 4.79 Å². The van der Waals surface area contributed by atoms with Crippen LogP contribution in [0.1, 0.15) is 85.0 Å². The number of hydrogen-bond acceptors (Lipinski definition) is 3. The van der Waals surface area contributed by atoms with Crippen LogP contribution in [0.2, 0.25) is 0 Å². The van der Waals surface area contributed by atoms with Crippen LogP contribution in [0.15, 0.2) is 0 Å². The summed E-state index contributed by atoms with van der Waals surface area (Å²) in [6.07, 6.45) is 9.19. The van der Waals surface area contributed by atoms with E-state index in [1.165, 1.54) is 25.7 Å². The summed E-state index contributed by atoms with van der Waals surface area (Å²) in [6.45, 7) is 7.16. The Bertz CT molecular complexity index is 605. The predicted octanol–water partition coefficient (Wildman–Crippen LogP) is 4.48. The van der Waals surface area contributed by atoms with Gasteiger partial charge in [0.15, 0.2) is 0 Å². The maximum Gasteiger partial charge on any atom is 0.303 e. The van der Waals surface area contributed by atoms with Gasteiger partial charge >= 0.3 is 5.97 Å². The summed E-state index contributed by atoms with van der Waals surface area (Å²) in [5.74, 6) is 2.36. The molecule has 4 fully saturated rings. The lowest BCUT2D eigenvalue weighted by Gasteiger charge is -2.62. The van der Waals surface area contributed by atoms with Crippen LogP contribution in [0.5, 0.6) is 0 Å². The summed E-state index contributed by atoms with van der Waals surface area (Å²) in [6, 6.07) is 0. The molecule has 0 amide bonds. The Kier molecular flexibility index (Phi) is 5.36. The quantitative estimate of drug-likeness (QED) is 0.659. The average Bonchev–Trinajstić information content (AvgIpc) is 2.98. The van der Waals surface area contributed by atoms with E-state index in [1.54, 1.807) is 0 Å². The Hall–Kier alpha value is -0.610. The molecule has 0 bridgehead atoms. The first-order valence-electron chi connectivity index (χ1n) is 11.7. The lowest BCUT2D eigenvalue weighted by molar-refractivity contribution is -0.174. The number of fused-ring (bicyclic) bond motifs is 5. The number of carboxylic acid groups (broad SMARTS) is 1. The number of carboxylic acids is 1. The van der Waals surface area contributed by atoms with Gasteiger partial charge in [0.05, 0.1) is 12.2 Å². The Balaban J connectivity index is 1.55. The molecular formula is C24H40O4. The zero-order valence-electron chi connectivity index (χ0n) is 17.9. The van der Waals surface area contributed by atoms with Crippen molar-refractivity contribution in [3.8, 4) is 0 Å². The highest BCUT2D eigenvalue weighted by Crippen LogP contribution is 2.68. The van der Waals surface area contributed by atoms with Gasteiger partial charge in [-0.25, -0.2) is 0 Å². The molecule has 0 heterocycles. The fourth-order valence-electron chi connectivity index (χ4n) is 8.73. The molecule has 3 N–H and O–H groups in total. The largest absolute Gasteiger partial charge is 0.481 e. The molecule has 0 unspecified atom stereocenters. The Labute approximate surface area is 170 Å². The first kappa shape index (κ1) is 20.7. The third-order valence-corrected chi connectivity index (χ3v) is 10.2. The molecule has 0 spiro atoms. The summed E-state index contributed by atoms with van der Waals surface area (Å²) in [5.41, 5.74) is 0.523. The number of aliphatic carboxylic acids is 1. The zero-order chi connectivity index (χ0) is 20.3. The smallest absolute Gasteiger partial charge is 0.303 e. The molecule has 4 nitrogen and oxygen atoms in total. The highest BCUT2D eigenvalue weighted by atomic mass is 16.4. The van der Waals surface area contributed by atoms with Crippen LogP contribution in [0.4, 0.5) is 0 Å². The minimum Gasteiger partial charge on any atom is -0.481 e. The molecule has 0 aromatic rings. The second-order valence-corrected chi connectivity index (χ2v) is 11.4. The predicted molar refractivity (Wildman–Crippen MR) is 109 cm³/mol. The minimum atomic E-state index is -0.684. The van der Waals surface area contributed by atoms with Crippen molar-refractivity contribution < 1.29 is 20.1 Å². The lowest BCUT2D eigenvalue weighted by atomic mass is 9.43. The van der Waals surface area contributed by atoms with Gasteiger partial charge in [-0.1, -0.05) is 20.8 Å². The fourth-order valence-corrected chi connectivity index (χ4v) is 8.73. The van der Waals surface area contributed by atoms with Crippen LogP contribution in [0, 0.1) is 46.3 Å². The van der Waals surface area contributed by atoms with Gasteiger partial charge in [0, 0.05) is 6.42 Å². The van der Waals surface area contributed by atoms with Crippen molar-refractivity contribution >= 4 is 5.97 Å². The van der Waals surface area contributed by atoms with Crippen molar-refractivity contribution in [2.45, 2.75) is 97.2 Å². The van der Waals surface area contributed by atoms with E-state index in [0.29, 0.717) is 35.5 Å². The van der Waals surface area contributed by atoms with E-state index >= 15 is 0 Å². The van der Waals surface area contributed by atoms with Gasteiger partial charge in [-0.2, -0.15) is 0 Å². The molecule has 0 aromatic carbocycles. The minimum absolute atomic E-state index is 0.179. The van der Waals surface area contributed by atoms with Gasteiger partial charge in [-0.3, -0.25) is 4.79 Å². The van der Waals surface area contributed by atoms with E-state index in [9.17, 15) is 15.0 Å². The second kappa shape index (κ2) is 7.27. The van der Waals surface area contributed by atoms with Crippen molar-refractivity contribution in [3.05, 3.63) is 0 Å². The summed E-state index contributed by atoms with van der Waals surface area (Å²) < 4.78 is 0. The zero-order valence-corrected chi connectivity index (χ0v) is 17.9. The van der Waals surface area contributed by atoms with Crippen molar-refractivity contribution in [1.82, 2.24) is 0 Å². The average molecular weight is 393 g/mol. The summed E-state index contributed by atoms with van der Waals surface area (Å²) >= 11 is 0. The Morgan fingerprint density at radius 3 is 2.39 bits per heavy atom. The Morgan fingerprint density at radius 2 is 1.68 bits per heavy atom. The van der Waals surface area contributed by atoms with E-state index in [4.69, 9.17) is 5.11 Å². The lowest BCUT2D eigenvalue weighted by Crippen LogP contribution is -2.58. The number of aliphatic hydroxyl groups excluding tert-OH is 2. The van der Waals surface area contributed by atoms with E-state index in [-0.39, 0.29) is 29.5 Å². The van der Waals surface area contributed by atoms with E-state index in [2.05, 4.69) is 20.8 Å².